The zero-order chi connectivity index (χ0) is 13.5. The van der Waals surface area contributed by atoms with Crippen LogP contribution in [-0.2, 0) is 15.3 Å². The summed E-state index contributed by atoms with van der Waals surface area (Å²) in [6.07, 6.45) is 2.00. The number of hydrogen-bond donors (Lipinski definition) is 2. The molecule has 0 saturated heterocycles. The minimum atomic E-state index is -0.277. The average Bonchev–Trinajstić information content (AvgIpc) is 3.02. The fourth-order valence-electron chi connectivity index (χ4n) is 1.23. The molecule has 2 N–H and O–H groups in total. The molecule has 0 aliphatic carbocycles. The number of carbonyl (C=O) groups excluding carboxylic acids is 2. The fourth-order valence-corrected chi connectivity index (χ4v) is 1.95. The normalized spacial score (nSPS) is 10.1. The van der Waals surface area contributed by atoms with E-state index in [0.717, 1.165) is 5.76 Å². The molecule has 0 fully saturated rings. The highest BCUT2D eigenvalue weighted by Crippen LogP contribution is 2.16. The van der Waals surface area contributed by atoms with Gasteiger partial charge in [0.1, 0.15) is 5.76 Å². The van der Waals surface area contributed by atoms with Crippen molar-refractivity contribution in [3.8, 4) is 0 Å². The van der Waals surface area contributed by atoms with Crippen molar-refractivity contribution in [3.05, 3.63) is 24.2 Å². The lowest BCUT2D eigenvalue weighted by Crippen LogP contribution is -2.15. The van der Waals surface area contributed by atoms with Gasteiger partial charge in [-0.3, -0.25) is 9.59 Å². The summed E-state index contributed by atoms with van der Waals surface area (Å²) in [4.78, 5) is 21.9. The van der Waals surface area contributed by atoms with Gasteiger partial charge in [-0.2, -0.15) is 0 Å². The van der Waals surface area contributed by atoms with Crippen LogP contribution in [-0.4, -0.2) is 28.4 Å². The maximum atomic E-state index is 11.6. The zero-order valence-electron chi connectivity index (χ0n) is 9.66. The highest BCUT2D eigenvalue weighted by molar-refractivity contribution is 7.99. The highest BCUT2D eigenvalue weighted by Gasteiger charge is 2.12. The van der Waals surface area contributed by atoms with E-state index in [9.17, 15) is 9.59 Å². The van der Waals surface area contributed by atoms with Crippen LogP contribution < -0.4 is 10.6 Å². The van der Waals surface area contributed by atoms with E-state index < -0.39 is 0 Å². The Morgan fingerprint density at radius 1 is 1.42 bits per heavy atom. The molecular weight excluding hydrogens is 272 g/mol. The molecule has 2 amide bonds. The maximum Gasteiger partial charge on any atom is 0.235 e. The quantitative estimate of drug-likeness (QED) is 0.731. The van der Waals surface area contributed by atoms with Crippen LogP contribution >= 0.6 is 11.8 Å². The van der Waals surface area contributed by atoms with E-state index in [2.05, 4.69) is 25.6 Å². The number of amides is 2. The SMILES string of the molecule is O=CNc1nonc1NC(=O)CSCc1ccco1. The van der Waals surface area contributed by atoms with Gasteiger partial charge in [0.25, 0.3) is 0 Å². The molecule has 2 heterocycles. The molecule has 0 radical (unpaired) electrons. The number of carbonyl (C=O) groups is 2. The van der Waals surface area contributed by atoms with Crippen molar-refractivity contribution >= 4 is 35.7 Å². The van der Waals surface area contributed by atoms with Crippen molar-refractivity contribution in [2.75, 3.05) is 16.4 Å². The van der Waals surface area contributed by atoms with E-state index in [-0.39, 0.29) is 23.3 Å². The summed E-state index contributed by atoms with van der Waals surface area (Å²) in [5.41, 5.74) is 0. The second-order valence-electron chi connectivity index (χ2n) is 3.34. The van der Waals surface area contributed by atoms with E-state index in [1.807, 2.05) is 6.07 Å². The van der Waals surface area contributed by atoms with E-state index in [1.54, 1.807) is 12.3 Å². The predicted octanol–water partition coefficient (Wildman–Crippen LogP) is 1.10. The van der Waals surface area contributed by atoms with Gasteiger partial charge in [-0.05, 0) is 22.4 Å². The molecule has 2 rings (SSSR count). The molecule has 0 bridgehead atoms. The maximum absolute atomic E-state index is 11.6. The molecule has 0 saturated carbocycles. The summed E-state index contributed by atoms with van der Waals surface area (Å²) in [5.74, 6) is 1.48. The van der Waals surface area contributed by atoms with Gasteiger partial charge >= 0.3 is 0 Å². The van der Waals surface area contributed by atoms with Crippen LogP contribution in [0.4, 0.5) is 11.6 Å². The third-order valence-electron chi connectivity index (χ3n) is 2.00. The third-order valence-corrected chi connectivity index (χ3v) is 2.95. The Bertz CT molecular complexity index is 539. The van der Waals surface area contributed by atoms with Crippen molar-refractivity contribution in [1.82, 2.24) is 10.3 Å². The van der Waals surface area contributed by atoms with Gasteiger partial charge in [-0.1, -0.05) is 0 Å². The van der Waals surface area contributed by atoms with Gasteiger partial charge in [-0.15, -0.1) is 11.8 Å². The molecule has 0 atom stereocenters. The Balaban J connectivity index is 1.77. The Hall–Kier alpha value is -2.29. The van der Waals surface area contributed by atoms with Crippen molar-refractivity contribution < 1.29 is 18.6 Å². The minimum absolute atomic E-state index is 0.0689. The van der Waals surface area contributed by atoms with Crippen LogP contribution in [0.1, 0.15) is 5.76 Å². The van der Waals surface area contributed by atoms with Crippen LogP contribution in [0.2, 0.25) is 0 Å². The second-order valence-corrected chi connectivity index (χ2v) is 4.33. The van der Waals surface area contributed by atoms with Gasteiger partial charge in [-0.25, -0.2) is 4.63 Å². The van der Waals surface area contributed by atoms with E-state index in [1.165, 1.54) is 11.8 Å². The van der Waals surface area contributed by atoms with Gasteiger partial charge in [0.15, 0.2) is 0 Å². The number of nitrogens with zero attached hydrogens (tertiary/aromatic N) is 2. The third kappa shape index (κ3) is 3.85. The minimum Gasteiger partial charge on any atom is -0.468 e. The first-order valence-corrected chi connectivity index (χ1v) is 6.38. The molecule has 100 valence electrons. The molecule has 0 aliphatic heterocycles. The summed E-state index contributed by atoms with van der Waals surface area (Å²) in [5, 5.41) is 11.6. The molecule has 0 aromatic carbocycles. The van der Waals surface area contributed by atoms with Gasteiger partial charge in [0.05, 0.1) is 17.8 Å². The molecule has 9 heteroatoms. The summed E-state index contributed by atoms with van der Waals surface area (Å²) in [6.45, 7) is 0. The second kappa shape index (κ2) is 6.59. The summed E-state index contributed by atoms with van der Waals surface area (Å²) < 4.78 is 9.54. The first-order chi connectivity index (χ1) is 9.29. The first kappa shape index (κ1) is 13.1. The lowest BCUT2D eigenvalue weighted by atomic mass is 10.5. The standard InChI is InChI=1S/C10H10N4O4S/c15-6-11-9-10(14-18-13-9)12-8(16)5-19-4-7-2-1-3-17-7/h1-3,6H,4-5H2,(H,11,13,15)(H,12,14,16). The summed E-state index contributed by atoms with van der Waals surface area (Å²) >= 11 is 1.39. The molecule has 0 aliphatic rings. The average molecular weight is 282 g/mol. The van der Waals surface area contributed by atoms with Crippen LogP contribution in [0.15, 0.2) is 27.4 Å². The van der Waals surface area contributed by atoms with Crippen LogP contribution in [0.25, 0.3) is 0 Å². The number of thioether (sulfide) groups is 1. The van der Waals surface area contributed by atoms with Gasteiger partial charge in [0, 0.05) is 0 Å². The smallest absolute Gasteiger partial charge is 0.235 e. The van der Waals surface area contributed by atoms with Crippen molar-refractivity contribution in [2.24, 2.45) is 0 Å². The zero-order valence-corrected chi connectivity index (χ0v) is 10.5. The number of hydrogen-bond acceptors (Lipinski definition) is 7. The monoisotopic (exact) mass is 282 g/mol. The Labute approximate surface area is 111 Å². The van der Waals surface area contributed by atoms with E-state index in [0.29, 0.717) is 12.2 Å². The Kier molecular flexibility index (Phi) is 4.56. The van der Waals surface area contributed by atoms with Crippen molar-refractivity contribution in [3.63, 3.8) is 0 Å². The number of rotatable bonds is 7. The number of nitrogens with one attached hydrogen (secondary N) is 2. The molecule has 8 nitrogen and oxygen atoms in total. The largest absolute Gasteiger partial charge is 0.468 e. The molecule has 0 spiro atoms. The van der Waals surface area contributed by atoms with Crippen LogP contribution in [0, 0.1) is 0 Å². The van der Waals surface area contributed by atoms with E-state index >= 15 is 0 Å². The van der Waals surface area contributed by atoms with Crippen LogP contribution in [0.3, 0.4) is 0 Å². The number of furan rings is 1. The number of anilines is 2. The molecular formula is C10H10N4O4S. The predicted molar refractivity (Wildman–Crippen MR) is 67.5 cm³/mol. The molecule has 0 unspecified atom stereocenters. The van der Waals surface area contributed by atoms with E-state index in [4.69, 9.17) is 4.42 Å². The molecule has 2 aromatic rings. The molecule has 2 aromatic heterocycles. The highest BCUT2D eigenvalue weighted by atomic mass is 32.2. The van der Waals surface area contributed by atoms with Gasteiger partial charge in [0.2, 0.25) is 24.0 Å². The van der Waals surface area contributed by atoms with Gasteiger partial charge < -0.3 is 15.1 Å². The summed E-state index contributed by atoms with van der Waals surface area (Å²) in [6, 6.07) is 3.62. The van der Waals surface area contributed by atoms with Crippen molar-refractivity contribution in [1.29, 1.82) is 0 Å². The van der Waals surface area contributed by atoms with Crippen LogP contribution in [0.5, 0.6) is 0 Å². The number of aromatic nitrogens is 2. The lowest BCUT2D eigenvalue weighted by Gasteiger charge is -2.01. The topological polar surface area (TPSA) is 110 Å². The lowest BCUT2D eigenvalue weighted by molar-refractivity contribution is -0.113. The van der Waals surface area contributed by atoms with Crippen molar-refractivity contribution in [2.45, 2.75) is 5.75 Å². The fraction of sp³-hybridized carbons (Fsp3) is 0.200. The Morgan fingerprint density at radius 2 is 2.26 bits per heavy atom. The summed E-state index contributed by atoms with van der Waals surface area (Å²) in [7, 11) is 0. The Morgan fingerprint density at radius 3 is 3.00 bits per heavy atom. The first-order valence-electron chi connectivity index (χ1n) is 5.22. The molecule has 19 heavy (non-hydrogen) atoms.